The molecule has 0 aliphatic carbocycles. The second-order valence-electron chi connectivity index (χ2n) is 4.79. The number of nitrogens with one attached hydrogen (secondary N) is 1. The normalized spacial score (nSPS) is 15.0. The molecule has 0 bridgehead atoms. The molecule has 1 aromatic rings. The van der Waals surface area contributed by atoms with E-state index in [0.717, 1.165) is 12.1 Å². The average Bonchev–Trinajstić information content (AvgIpc) is 2.34. The van der Waals surface area contributed by atoms with Gasteiger partial charge in [-0.2, -0.15) is 26.3 Å². The van der Waals surface area contributed by atoms with Gasteiger partial charge in [-0.3, -0.25) is 0 Å². The molecule has 0 spiro atoms. The molecule has 2 N–H and O–H groups in total. The summed E-state index contributed by atoms with van der Waals surface area (Å²) in [5, 5.41) is 8.86. The van der Waals surface area contributed by atoms with E-state index < -0.39 is 45.8 Å². The van der Waals surface area contributed by atoms with E-state index in [0.29, 0.717) is 5.56 Å². The van der Waals surface area contributed by atoms with E-state index in [2.05, 4.69) is 0 Å². The first-order valence-electron chi connectivity index (χ1n) is 6.12. The Morgan fingerprint density at radius 1 is 1.13 bits per heavy atom. The molecule has 0 saturated carbocycles. The number of benzene rings is 1. The molecule has 0 fully saturated rings. The zero-order valence-electron chi connectivity index (χ0n) is 11.6. The number of hydrogen-bond donors (Lipinski definition) is 2. The lowest BCUT2D eigenvalue weighted by atomic mass is 10.00. The number of aliphatic hydroxyl groups excluding tert-OH is 1. The number of rotatable bonds is 5. The van der Waals surface area contributed by atoms with E-state index in [1.54, 1.807) is 0 Å². The summed E-state index contributed by atoms with van der Waals surface area (Å²) in [7, 11) is -4.67. The van der Waals surface area contributed by atoms with E-state index in [1.807, 2.05) is 0 Å². The van der Waals surface area contributed by atoms with Gasteiger partial charge in [0.2, 0.25) is 10.0 Å². The first-order chi connectivity index (χ1) is 10.3. The van der Waals surface area contributed by atoms with Crippen LogP contribution in [0.4, 0.5) is 26.3 Å². The second-order valence-corrected chi connectivity index (χ2v) is 6.50. The smallest absolute Gasteiger partial charge is 0.395 e. The number of sulfonamides is 1. The Labute approximate surface area is 128 Å². The Bertz CT molecular complexity index is 627. The first kappa shape index (κ1) is 19.7. The molecule has 23 heavy (non-hydrogen) atoms. The minimum absolute atomic E-state index is 0.441. The fourth-order valence-electron chi connectivity index (χ4n) is 1.90. The number of alkyl halides is 6. The quantitative estimate of drug-likeness (QED) is 0.788. The Hall–Kier alpha value is -1.33. The third-order valence-corrected chi connectivity index (χ3v) is 4.40. The molecule has 0 aliphatic heterocycles. The summed E-state index contributed by atoms with van der Waals surface area (Å²) in [5.41, 5.74) is 0.441. The van der Waals surface area contributed by atoms with Crippen molar-refractivity contribution >= 4 is 10.0 Å². The van der Waals surface area contributed by atoms with Crippen LogP contribution in [0.15, 0.2) is 29.2 Å². The zero-order valence-corrected chi connectivity index (χ0v) is 12.4. The Kier molecular flexibility index (Phi) is 5.70. The van der Waals surface area contributed by atoms with Gasteiger partial charge < -0.3 is 5.11 Å². The van der Waals surface area contributed by atoms with Crippen molar-refractivity contribution in [1.82, 2.24) is 4.72 Å². The van der Waals surface area contributed by atoms with Crippen LogP contribution in [0.25, 0.3) is 0 Å². The summed E-state index contributed by atoms with van der Waals surface area (Å²) in [6.45, 7) is -0.175. The van der Waals surface area contributed by atoms with Crippen molar-refractivity contribution in [2.24, 2.45) is 5.92 Å². The van der Waals surface area contributed by atoms with Crippen LogP contribution in [0.5, 0.6) is 0 Å². The van der Waals surface area contributed by atoms with Gasteiger partial charge in [0.05, 0.1) is 17.5 Å². The maximum absolute atomic E-state index is 12.6. The third-order valence-electron chi connectivity index (χ3n) is 2.91. The van der Waals surface area contributed by atoms with Crippen molar-refractivity contribution in [2.45, 2.75) is 30.2 Å². The minimum Gasteiger partial charge on any atom is -0.395 e. The van der Waals surface area contributed by atoms with Crippen LogP contribution in [0.1, 0.15) is 5.56 Å². The summed E-state index contributed by atoms with van der Waals surface area (Å²) in [6, 6.07) is 2.08. The minimum atomic E-state index is -5.78. The molecule has 0 aromatic heterocycles. The van der Waals surface area contributed by atoms with E-state index in [4.69, 9.17) is 5.11 Å². The molecule has 0 amide bonds. The number of halogens is 6. The zero-order chi connectivity index (χ0) is 18.1. The summed E-state index contributed by atoms with van der Waals surface area (Å²) < 4.78 is 101. The molecule has 0 heterocycles. The van der Waals surface area contributed by atoms with Crippen molar-refractivity contribution in [2.75, 3.05) is 6.61 Å². The predicted molar refractivity (Wildman–Crippen MR) is 68.0 cm³/mol. The van der Waals surface area contributed by atoms with Gasteiger partial charge in [0.1, 0.15) is 0 Å². The summed E-state index contributed by atoms with van der Waals surface area (Å²) in [4.78, 5) is -0.501. The highest BCUT2D eigenvalue weighted by atomic mass is 32.2. The Morgan fingerprint density at radius 2 is 1.65 bits per heavy atom. The fourth-order valence-corrected chi connectivity index (χ4v) is 3.25. The molecule has 0 radical (unpaired) electrons. The molecule has 0 aliphatic rings. The monoisotopic (exact) mass is 365 g/mol. The maximum atomic E-state index is 12.6. The van der Waals surface area contributed by atoms with Crippen LogP contribution in [0.2, 0.25) is 0 Å². The van der Waals surface area contributed by atoms with Crippen molar-refractivity contribution in [3.63, 3.8) is 0 Å². The molecule has 1 rings (SSSR count). The van der Waals surface area contributed by atoms with E-state index in [1.165, 1.54) is 23.8 Å². The largest absolute Gasteiger partial charge is 0.402 e. The van der Waals surface area contributed by atoms with Gasteiger partial charge in [-0.25, -0.2) is 13.1 Å². The topological polar surface area (TPSA) is 66.4 Å². The first-order valence-corrected chi connectivity index (χ1v) is 7.60. The van der Waals surface area contributed by atoms with Crippen LogP contribution < -0.4 is 4.72 Å². The van der Waals surface area contributed by atoms with Crippen LogP contribution in [-0.2, 0) is 10.0 Å². The number of aliphatic hydroxyl groups is 1. The molecule has 11 heteroatoms. The summed E-state index contributed by atoms with van der Waals surface area (Å²) in [6.07, 6.45) is -11.6. The Morgan fingerprint density at radius 3 is 2.04 bits per heavy atom. The van der Waals surface area contributed by atoms with Gasteiger partial charge in [-0.1, -0.05) is 12.1 Å². The predicted octanol–water partition coefficient (Wildman–Crippen LogP) is 2.38. The molecule has 1 atom stereocenters. The summed E-state index contributed by atoms with van der Waals surface area (Å²) in [5.74, 6) is -4.03. The van der Waals surface area contributed by atoms with Gasteiger partial charge in [0.15, 0.2) is 5.92 Å². The SMILES string of the molecule is Cc1cccc(S(=O)(=O)NC(CO)C(C(F)(F)F)C(F)(F)F)c1. The van der Waals surface area contributed by atoms with Crippen LogP contribution >= 0.6 is 0 Å². The highest BCUT2D eigenvalue weighted by Crippen LogP contribution is 2.41. The molecule has 0 saturated heterocycles. The van der Waals surface area contributed by atoms with Crippen molar-refractivity contribution in [3.8, 4) is 0 Å². The second kappa shape index (κ2) is 6.65. The molecular formula is C12H13F6NO3S. The molecule has 1 aromatic carbocycles. The van der Waals surface area contributed by atoms with Gasteiger partial charge in [-0.05, 0) is 24.6 Å². The highest BCUT2D eigenvalue weighted by molar-refractivity contribution is 7.89. The summed E-state index contributed by atoms with van der Waals surface area (Å²) >= 11 is 0. The maximum Gasteiger partial charge on any atom is 0.402 e. The van der Waals surface area contributed by atoms with E-state index >= 15 is 0 Å². The van der Waals surface area contributed by atoms with E-state index in [-0.39, 0.29) is 0 Å². The molecule has 1 unspecified atom stereocenters. The van der Waals surface area contributed by atoms with Gasteiger partial charge in [0.25, 0.3) is 0 Å². The third kappa shape index (κ3) is 5.08. The van der Waals surface area contributed by atoms with Gasteiger partial charge in [-0.15, -0.1) is 0 Å². The van der Waals surface area contributed by atoms with Gasteiger partial charge in [0, 0.05) is 0 Å². The van der Waals surface area contributed by atoms with Crippen LogP contribution in [-0.4, -0.2) is 38.5 Å². The van der Waals surface area contributed by atoms with Gasteiger partial charge >= 0.3 is 12.4 Å². The lowest BCUT2D eigenvalue weighted by molar-refractivity contribution is -0.292. The van der Waals surface area contributed by atoms with Crippen molar-refractivity contribution in [3.05, 3.63) is 29.8 Å². The number of hydrogen-bond acceptors (Lipinski definition) is 3. The van der Waals surface area contributed by atoms with Crippen molar-refractivity contribution in [1.29, 1.82) is 0 Å². The lowest BCUT2D eigenvalue weighted by Gasteiger charge is -2.29. The average molecular weight is 365 g/mol. The lowest BCUT2D eigenvalue weighted by Crippen LogP contribution is -2.54. The van der Waals surface area contributed by atoms with E-state index in [9.17, 15) is 34.8 Å². The van der Waals surface area contributed by atoms with Crippen LogP contribution in [0, 0.1) is 12.8 Å². The Balaban J connectivity index is 3.20. The molecule has 132 valence electrons. The highest BCUT2D eigenvalue weighted by Gasteiger charge is 2.60. The standard InChI is InChI=1S/C12H13F6NO3S/c1-7-3-2-4-8(5-7)23(21,22)19-9(6-20)10(11(13,14)15)12(16,17)18/h2-5,9-10,19-20H,6H2,1H3. The number of aryl methyl sites for hydroxylation is 1. The fraction of sp³-hybridized carbons (Fsp3) is 0.500. The molecule has 4 nitrogen and oxygen atoms in total. The molecular weight excluding hydrogens is 352 g/mol. The van der Waals surface area contributed by atoms with Crippen LogP contribution in [0.3, 0.4) is 0 Å². The van der Waals surface area contributed by atoms with Crippen molar-refractivity contribution < 1.29 is 39.9 Å².